The third kappa shape index (κ3) is 2.42. The number of ketones is 1. The van der Waals surface area contributed by atoms with Crippen LogP contribution in [0.1, 0.15) is 22.0 Å². The molecule has 0 spiro atoms. The number of para-hydroxylation sites is 1. The van der Waals surface area contributed by atoms with E-state index in [2.05, 4.69) is 0 Å². The number of hydrogen-bond acceptors (Lipinski definition) is 3. The fraction of sp³-hybridized carbons (Fsp3) is 0.188. The van der Waals surface area contributed by atoms with Crippen LogP contribution < -0.4 is 4.74 Å². The lowest BCUT2D eigenvalue weighted by Crippen LogP contribution is -2.09. The molecule has 0 N–H and O–H groups in total. The number of epoxide rings is 1. The monoisotopic (exact) mass is 288 g/mol. The molecule has 1 aliphatic heterocycles. The molecule has 20 heavy (non-hydrogen) atoms. The Morgan fingerprint density at radius 1 is 1.15 bits per heavy atom. The summed E-state index contributed by atoms with van der Waals surface area (Å²) in [6.45, 7) is 0. The molecule has 0 radical (unpaired) electrons. The van der Waals surface area contributed by atoms with Gasteiger partial charge in [-0.05, 0) is 29.8 Å². The van der Waals surface area contributed by atoms with Crippen molar-refractivity contribution in [3.63, 3.8) is 0 Å². The number of Topliss-reactive ketones (excluding diaryl/α,β-unsaturated/α-hetero) is 1. The Morgan fingerprint density at radius 3 is 2.55 bits per heavy atom. The molecule has 1 saturated heterocycles. The zero-order valence-electron chi connectivity index (χ0n) is 10.9. The lowest BCUT2D eigenvalue weighted by Gasteiger charge is -2.05. The third-order valence-electron chi connectivity index (χ3n) is 3.32. The Morgan fingerprint density at radius 2 is 1.85 bits per heavy atom. The molecule has 2 aromatic rings. The number of benzene rings is 2. The maximum absolute atomic E-state index is 12.4. The minimum absolute atomic E-state index is 0.0533. The molecule has 1 aliphatic rings. The van der Waals surface area contributed by atoms with E-state index >= 15 is 0 Å². The van der Waals surface area contributed by atoms with Crippen molar-refractivity contribution in [2.75, 3.05) is 7.11 Å². The summed E-state index contributed by atoms with van der Waals surface area (Å²) in [5.41, 5.74) is 1.51. The Balaban J connectivity index is 1.79. The van der Waals surface area contributed by atoms with Crippen LogP contribution >= 0.6 is 11.6 Å². The summed E-state index contributed by atoms with van der Waals surface area (Å²) in [6, 6.07) is 14.5. The van der Waals surface area contributed by atoms with E-state index in [1.807, 2.05) is 24.3 Å². The van der Waals surface area contributed by atoms with E-state index in [4.69, 9.17) is 21.1 Å². The average Bonchev–Trinajstić information content (AvgIpc) is 3.27. The van der Waals surface area contributed by atoms with E-state index in [0.717, 1.165) is 5.56 Å². The van der Waals surface area contributed by atoms with Gasteiger partial charge in [0.1, 0.15) is 11.9 Å². The van der Waals surface area contributed by atoms with Gasteiger partial charge < -0.3 is 9.47 Å². The second-order valence-corrected chi connectivity index (χ2v) is 5.03. The summed E-state index contributed by atoms with van der Waals surface area (Å²) in [4.78, 5) is 12.4. The first-order valence-corrected chi connectivity index (χ1v) is 6.66. The van der Waals surface area contributed by atoms with E-state index in [0.29, 0.717) is 16.3 Å². The van der Waals surface area contributed by atoms with E-state index in [-0.39, 0.29) is 11.9 Å². The van der Waals surface area contributed by atoms with Crippen LogP contribution in [0.15, 0.2) is 48.5 Å². The van der Waals surface area contributed by atoms with Crippen LogP contribution in [0.25, 0.3) is 0 Å². The van der Waals surface area contributed by atoms with Gasteiger partial charge in [0, 0.05) is 5.02 Å². The topological polar surface area (TPSA) is 38.8 Å². The Hall–Kier alpha value is -1.84. The average molecular weight is 289 g/mol. The number of carbonyl (C=O) groups is 1. The summed E-state index contributed by atoms with van der Waals surface area (Å²) in [5.74, 6) is 0.519. The van der Waals surface area contributed by atoms with Crippen molar-refractivity contribution < 1.29 is 14.3 Å². The highest BCUT2D eigenvalue weighted by atomic mass is 35.5. The molecular formula is C16H13ClO3. The third-order valence-corrected chi connectivity index (χ3v) is 3.57. The van der Waals surface area contributed by atoms with Gasteiger partial charge in [-0.15, -0.1) is 0 Å². The molecule has 102 valence electrons. The molecule has 0 aliphatic carbocycles. The molecule has 3 nitrogen and oxygen atoms in total. The summed E-state index contributed by atoms with van der Waals surface area (Å²) < 4.78 is 10.7. The van der Waals surface area contributed by atoms with Gasteiger partial charge in [0.15, 0.2) is 11.9 Å². The summed E-state index contributed by atoms with van der Waals surface area (Å²) in [7, 11) is 1.55. The fourth-order valence-corrected chi connectivity index (χ4v) is 2.35. The highest BCUT2D eigenvalue weighted by molar-refractivity contribution is 6.30. The van der Waals surface area contributed by atoms with Gasteiger partial charge in [-0.1, -0.05) is 35.9 Å². The van der Waals surface area contributed by atoms with Crippen LogP contribution in [0.4, 0.5) is 0 Å². The van der Waals surface area contributed by atoms with Crippen LogP contribution in [0, 0.1) is 0 Å². The number of rotatable bonds is 4. The molecule has 4 heteroatoms. The highest BCUT2D eigenvalue weighted by Gasteiger charge is 2.46. The normalized spacial score (nSPS) is 20.5. The van der Waals surface area contributed by atoms with Crippen LogP contribution in [-0.2, 0) is 4.74 Å². The quantitative estimate of drug-likeness (QED) is 0.636. The number of halogens is 1. The van der Waals surface area contributed by atoms with E-state index in [9.17, 15) is 4.79 Å². The SMILES string of the molecule is COc1ccccc1C(=O)C1OC1c1ccc(Cl)cc1. The molecule has 0 bridgehead atoms. The second-order valence-electron chi connectivity index (χ2n) is 4.59. The van der Waals surface area contributed by atoms with Gasteiger partial charge in [-0.25, -0.2) is 0 Å². The minimum atomic E-state index is -0.438. The van der Waals surface area contributed by atoms with Gasteiger partial charge in [-0.2, -0.15) is 0 Å². The maximum atomic E-state index is 12.4. The van der Waals surface area contributed by atoms with Crippen molar-refractivity contribution >= 4 is 17.4 Å². The predicted molar refractivity (Wildman–Crippen MR) is 76.4 cm³/mol. The van der Waals surface area contributed by atoms with Gasteiger partial charge in [0.25, 0.3) is 0 Å². The van der Waals surface area contributed by atoms with Gasteiger partial charge in [-0.3, -0.25) is 4.79 Å². The lowest BCUT2D eigenvalue weighted by atomic mass is 10.0. The minimum Gasteiger partial charge on any atom is -0.496 e. The summed E-state index contributed by atoms with van der Waals surface area (Å²) in [6.07, 6.45) is -0.628. The predicted octanol–water partition coefficient (Wildman–Crippen LogP) is 3.67. The molecular weight excluding hydrogens is 276 g/mol. The molecule has 2 unspecified atom stereocenters. The molecule has 1 fully saturated rings. The lowest BCUT2D eigenvalue weighted by molar-refractivity contribution is 0.0950. The molecule has 2 aromatic carbocycles. The van der Waals surface area contributed by atoms with Crippen LogP contribution in [-0.4, -0.2) is 19.0 Å². The Kier molecular flexibility index (Phi) is 3.47. The van der Waals surface area contributed by atoms with Crippen molar-refractivity contribution in [2.24, 2.45) is 0 Å². The summed E-state index contributed by atoms with van der Waals surface area (Å²) >= 11 is 5.85. The number of hydrogen-bond donors (Lipinski definition) is 0. The van der Waals surface area contributed by atoms with Gasteiger partial charge in [0.05, 0.1) is 12.7 Å². The van der Waals surface area contributed by atoms with Crippen molar-refractivity contribution in [3.8, 4) is 5.75 Å². The van der Waals surface area contributed by atoms with E-state index in [1.54, 1.807) is 31.4 Å². The maximum Gasteiger partial charge on any atom is 0.198 e. The molecule has 0 saturated carbocycles. The molecule has 2 atom stereocenters. The smallest absolute Gasteiger partial charge is 0.198 e. The highest BCUT2D eigenvalue weighted by Crippen LogP contribution is 2.41. The van der Waals surface area contributed by atoms with Crippen LogP contribution in [0.5, 0.6) is 5.75 Å². The Labute approximate surface area is 122 Å². The van der Waals surface area contributed by atoms with Crippen molar-refractivity contribution in [2.45, 2.75) is 12.2 Å². The zero-order chi connectivity index (χ0) is 14.1. The fourth-order valence-electron chi connectivity index (χ4n) is 2.22. The van der Waals surface area contributed by atoms with Crippen LogP contribution in [0.2, 0.25) is 5.02 Å². The first-order chi connectivity index (χ1) is 9.70. The largest absolute Gasteiger partial charge is 0.496 e. The van der Waals surface area contributed by atoms with Crippen molar-refractivity contribution in [3.05, 3.63) is 64.7 Å². The number of carbonyl (C=O) groups excluding carboxylic acids is 1. The second kappa shape index (κ2) is 5.27. The van der Waals surface area contributed by atoms with E-state index < -0.39 is 6.10 Å². The molecule has 0 amide bonds. The number of methoxy groups -OCH3 is 1. The summed E-state index contributed by atoms with van der Waals surface area (Å²) in [5, 5.41) is 0.669. The molecule has 3 rings (SSSR count). The first-order valence-electron chi connectivity index (χ1n) is 6.29. The number of ether oxygens (including phenoxy) is 2. The van der Waals surface area contributed by atoms with Crippen LogP contribution in [0.3, 0.4) is 0 Å². The van der Waals surface area contributed by atoms with Gasteiger partial charge >= 0.3 is 0 Å². The van der Waals surface area contributed by atoms with Crippen molar-refractivity contribution in [1.29, 1.82) is 0 Å². The van der Waals surface area contributed by atoms with E-state index in [1.165, 1.54) is 0 Å². The molecule has 0 aromatic heterocycles. The van der Waals surface area contributed by atoms with Gasteiger partial charge in [0.2, 0.25) is 0 Å². The molecule has 1 heterocycles. The Bertz CT molecular complexity index is 636. The first kappa shape index (κ1) is 13.2. The van der Waals surface area contributed by atoms with Crippen molar-refractivity contribution in [1.82, 2.24) is 0 Å². The zero-order valence-corrected chi connectivity index (χ0v) is 11.6. The standard InChI is InChI=1S/C16H13ClO3/c1-19-13-5-3-2-4-12(13)14(18)16-15(20-16)10-6-8-11(17)9-7-10/h2-9,15-16H,1H3.